The van der Waals surface area contributed by atoms with E-state index in [1.165, 1.54) is 6.42 Å². The van der Waals surface area contributed by atoms with Crippen molar-refractivity contribution in [3.8, 4) is 0 Å². The second-order valence-electron chi connectivity index (χ2n) is 11.0. The summed E-state index contributed by atoms with van der Waals surface area (Å²) >= 11 is 0. The Morgan fingerprint density at radius 2 is 1.21 bits per heavy atom. The van der Waals surface area contributed by atoms with Crippen LogP contribution in [0.5, 0.6) is 0 Å². The van der Waals surface area contributed by atoms with Gasteiger partial charge in [-0.2, -0.15) is 0 Å². The largest absolute Gasteiger partial charge is 0.366 e. The zero-order chi connectivity index (χ0) is 24.0. The molecular formula is C24H52N2O3. The van der Waals surface area contributed by atoms with Gasteiger partial charge in [0.05, 0.1) is 5.60 Å². The Balaban J connectivity index is -0.000000362. The summed E-state index contributed by atoms with van der Waals surface area (Å²) in [6.07, 6.45) is 1.36. The summed E-state index contributed by atoms with van der Waals surface area (Å²) in [5.41, 5.74) is -0.338. The van der Waals surface area contributed by atoms with E-state index in [9.17, 15) is 9.59 Å². The van der Waals surface area contributed by atoms with Crippen LogP contribution in [0.15, 0.2) is 0 Å². The number of ether oxygens (including phenoxy) is 1. The van der Waals surface area contributed by atoms with Gasteiger partial charge in [-0.25, -0.2) is 0 Å². The van der Waals surface area contributed by atoms with Gasteiger partial charge in [0, 0.05) is 17.5 Å². The smallest absolute Gasteiger partial charge is 0.246 e. The summed E-state index contributed by atoms with van der Waals surface area (Å²) in [6, 6.07) is 0.182. The average Bonchev–Trinajstić information content (AvgIpc) is 2.41. The average molecular weight is 417 g/mol. The van der Waals surface area contributed by atoms with Gasteiger partial charge >= 0.3 is 0 Å². The number of rotatable bonds is 6. The second kappa shape index (κ2) is 15.7. The van der Waals surface area contributed by atoms with E-state index in [1.807, 2.05) is 69.2 Å². The molecule has 29 heavy (non-hydrogen) atoms. The minimum absolute atomic E-state index is 0.0556. The molecule has 5 nitrogen and oxygen atoms in total. The molecule has 0 aliphatic heterocycles. The molecule has 0 atom stereocenters. The van der Waals surface area contributed by atoms with E-state index in [1.54, 1.807) is 0 Å². The summed E-state index contributed by atoms with van der Waals surface area (Å²) in [5.74, 6) is 1.90. The predicted molar refractivity (Wildman–Crippen MR) is 126 cm³/mol. The lowest BCUT2D eigenvalue weighted by Crippen LogP contribution is -2.42. The van der Waals surface area contributed by atoms with Crippen molar-refractivity contribution in [2.45, 2.75) is 121 Å². The van der Waals surface area contributed by atoms with E-state index in [0.717, 1.165) is 11.8 Å². The molecule has 0 unspecified atom stereocenters. The molecule has 176 valence electrons. The van der Waals surface area contributed by atoms with Gasteiger partial charge in [0.15, 0.2) is 0 Å². The lowest BCUT2D eigenvalue weighted by Gasteiger charge is -2.21. The van der Waals surface area contributed by atoms with Crippen molar-refractivity contribution < 1.29 is 14.3 Å². The van der Waals surface area contributed by atoms with Crippen LogP contribution >= 0.6 is 0 Å². The molecule has 0 rings (SSSR count). The van der Waals surface area contributed by atoms with Crippen LogP contribution in [0, 0.1) is 17.8 Å². The summed E-state index contributed by atoms with van der Waals surface area (Å²) in [5, 5.41) is 5.63. The fourth-order valence-corrected chi connectivity index (χ4v) is 2.10. The Kier molecular flexibility index (Phi) is 17.6. The highest BCUT2D eigenvalue weighted by atomic mass is 16.5. The number of hydrogen-bond acceptors (Lipinski definition) is 3. The second-order valence-corrected chi connectivity index (χ2v) is 11.0. The Morgan fingerprint density at radius 1 is 0.793 bits per heavy atom. The van der Waals surface area contributed by atoms with Crippen LogP contribution in [-0.2, 0) is 14.3 Å². The molecule has 2 amide bonds. The number of carbonyl (C=O) groups is 2. The SMILES string of the molecule is CC(C)C(=O)NC(C)(C)C.CC(C)CC(C)C.CC(C)NC(=O)COC(C)(C)C. The normalized spacial score (nSPS) is 11.7. The van der Waals surface area contributed by atoms with Crippen LogP contribution in [-0.4, -0.2) is 35.6 Å². The lowest BCUT2D eigenvalue weighted by atomic mass is 10.0. The van der Waals surface area contributed by atoms with Gasteiger partial charge < -0.3 is 15.4 Å². The molecule has 0 aliphatic rings. The topological polar surface area (TPSA) is 67.4 Å². The van der Waals surface area contributed by atoms with Crippen LogP contribution in [0.4, 0.5) is 0 Å². The molecule has 2 N–H and O–H groups in total. The third kappa shape index (κ3) is 34.8. The highest BCUT2D eigenvalue weighted by Gasteiger charge is 2.15. The molecule has 0 fully saturated rings. The zero-order valence-electron chi connectivity index (χ0n) is 21.9. The van der Waals surface area contributed by atoms with E-state index in [4.69, 9.17) is 4.74 Å². The summed E-state index contributed by atoms with van der Waals surface area (Å²) in [6.45, 7) is 28.5. The fraction of sp³-hybridized carbons (Fsp3) is 0.917. The van der Waals surface area contributed by atoms with Gasteiger partial charge in [-0.3, -0.25) is 9.59 Å². The Bertz CT molecular complexity index is 422. The van der Waals surface area contributed by atoms with Crippen LogP contribution in [0.1, 0.15) is 103 Å². The van der Waals surface area contributed by atoms with Crippen LogP contribution < -0.4 is 10.6 Å². The molecular weight excluding hydrogens is 364 g/mol. The van der Waals surface area contributed by atoms with Crippen molar-refractivity contribution in [1.29, 1.82) is 0 Å². The minimum atomic E-state index is -0.242. The van der Waals surface area contributed by atoms with E-state index >= 15 is 0 Å². The first-order valence-corrected chi connectivity index (χ1v) is 11.0. The Morgan fingerprint density at radius 3 is 1.38 bits per heavy atom. The molecule has 5 heteroatoms. The molecule has 0 bridgehead atoms. The van der Waals surface area contributed by atoms with Gasteiger partial charge in [-0.05, 0) is 73.6 Å². The molecule has 0 heterocycles. The van der Waals surface area contributed by atoms with Crippen molar-refractivity contribution in [1.82, 2.24) is 10.6 Å². The first-order chi connectivity index (χ1) is 12.8. The molecule has 0 saturated heterocycles. The maximum Gasteiger partial charge on any atom is 0.246 e. The summed E-state index contributed by atoms with van der Waals surface area (Å²) in [4.78, 5) is 22.1. The lowest BCUT2D eigenvalue weighted by molar-refractivity contribution is -0.131. The van der Waals surface area contributed by atoms with E-state index in [2.05, 4.69) is 38.3 Å². The number of hydrogen-bond donors (Lipinski definition) is 2. The van der Waals surface area contributed by atoms with Gasteiger partial charge in [-0.1, -0.05) is 41.5 Å². The first-order valence-electron chi connectivity index (χ1n) is 11.0. The molecule has 0 aromatic rings. The number of nitrogens with one attached hydrogen (secondary N) is 2. The van der Waals surface area contributed by atoms with Crippen molar-refractivity contribution >= 4 is 11.8 Å². The van der Waals surface area contributed by atoms with Gasteiger partial charge in [0.2, 0.25) is 11.8 Å². The predicted octanol–water partition coefficient (Wildman–Crippen LogP) is 5.57. The summed E-state index contributed by atoms with van der Waals surface area (Å²) in [7, 11) is 0. The maximum absolute atomic E-state index is 11.1. The number of amides is 2. The van der Waals surface area contributed by atoms with Crippen molar-refractivity contribution in [3.05, 3.63) is 0 Å². The highest BCUT2D eigenvalue weighted by Crippen LogP contribution is 2.08. The third-order valence-electron chi connectivity index (χ3n) is 3.05. The van der Waals surface area contributed by atoms with Crippen molar-refractivity contribution in [3.63, 3.8) is 0 Å². The maximum atomic E-state index is 11.1. The van der Waals surface area contributed by atoms with E-state index < -0.39 is 0 Å². The van der Waals surface area contributed by atoms with E-state index in [-0.39, 0.29) is 41.5 Å². The third-order valence-corrected chi connectivity index (χ3v) is 3.05. The van der Waals surface area contributed by atoms with Crippen LogP contribution in [0.2, 0.25) is 0 Å². The molecule has 0 radical (unpaired) electrons. The number of carbonyl (C=O) groups excluding carboxylic acids is 2. The van der Waals surface area contributed by atoms with Gasteiger partial charge in [-0.15, -0.1) is 0 Å². The highest BCUT2D eigenvalue weighted by molar-refractivity contribution is 5.78. The molecule has 0 saturated carbocycles. The van der Waals surface area contributed by atoms with Crippen molar-refractivity contribution in [2.75, 3.05) is 6.61 Å². The Hall–Kier alpha value is -1.10. The van der Waals surface area contributed by atoms with Gasteiger partial charge in [0.1, 0.15) is 6.61 Å². The molecule has 0 aliphatic carbocycles. The summed E-state index contributed by atoms with van der Waals surface area (Å²) < 4.78 is 5.28. The molecule has 0 aromatic carbocycles. The molecule has 0 spiro atoms. The van der Waals surface area contributed by atoms with Crippen molar-refractivity contribution in [2.24, 2.45) is 17.8 Å². The zero-order valence-corrected chi connectivity index (χ0v) is 21.9. The quantitative estimate of drug-likeness (QED) is 0.594. The standard InChI is InChI=1S/C9H19NO2.C8H17NO.C7H16/c1-7(2)10-8(11)6-12-9(3,4)5;1-6(2)7(10)9-8(3,4)5;1-6(2)5-7(3)4/h7H,6H2,1-5H3,(H,10,11);6H,1-5H3,(H,9,10);6-7H,5H2,1-4H3. The first kappa shape index (κ1) is 32.6. The van der Waals surface area contributed by atoms with Crippen LogP contribution in [0.25, 0.3) is 0 Å². The minimum Gasteiger partial charge on any atom is -0.366 e. The van der Waals surface area contributed by atoms with Gasteiger partial charge in [0.25, 0.3) is 0 Å². The van der Waals surface area contributed by atoms with E-state index in [0.29, 0.717) is 0 Å². The van der Waals surface area contributed by atoms with Crippen LogP contribution in [0.3, 0.4) is 0 Å². The monoisotopic (exact) mass is 416 g/mol. The molecule has 0 aromatic heterocycles. The fourth-order valence-electron chi connectivity index (χ4n) is 2.10. The Labute approximate surface area is 182 Å².